The summed E-state index contributed by atoms with van der Waals surface area (Å²) in [7, 11) is -1.64. The van der Waals surface area contributed by atoms with E-state index >= 15 is 0 Å². The molecule has 2 aromatic carbocycles. The van der Waals surface area contributed by atoms with E-state index in [1.54, 1.807) is 25.7 Å². The van der Waals surface area contributed by atoms with Gasteiger partial charge in [-0.25, -0.2) is 8.42 Å². The number of benzene rings is 2. The van der Waals surface area contributed by atoms with Crippen molar-refractivity contribution in [1.82, 2.24) is 4.90 Å². The van der Waals surface area contributed by atoms with Crippen LogP contribution in [0.3, 0.4) is 0 Å². The van der Waals surface area contributed by atoms with Crippen molar-refractivity contribution in [1.29, 1.82) is 0 Å². The van der Waals surface area contributed by atoms with E-state index in [9.17, 15) is 8.42 Å². The number of hydrogen-bond acceptors (Lipinski definition) is 5. The average Bonchev–Trinajstić information content (AvgIpc) is 3.41. The van der Waals surface area contributed by atoms with Crippen LogP contribution in [-0.4, -0.2) is 38.8 Å². The Morgan fingerprint density at radius 1 is 1.11 bits per heavy atom. The number of fused-ring (bicyclic) bond motifs is 3. The number of ether oxygens (including phenoxy) is 1. The number of hydrogen-bond donors (Lipinski definition) is 0. The molecule has 0 N–H and O–H groups in total. The third-order valence-electron chi connectivity index (χ3n) is 5.90. The SMILES string of the molecule is COc1ccccc1CN1C[C@H]2c3cc(-c4ccoc4)ccc3S(=O)(=O)[C@H]2C1. The lowest BCUT2D eigenvalue weighted by Crippen LogP contribution is -2.26. The van der Waals surface area contributed by atoms with Gasteiger partial charge in [0.15, 0.2) is 9.84 Å². The first-order valence-electron chi connectivity index (χ1n) is 9.32. The van der Waals surface area contributed by atoms with Gasteiger partial charge in [0.25, 0.3) is 0 Å². The molecule has 5 rings (SSSR count). The van der Waals surface area contributed by atoms with Crippen LogP contribution in [0, 0.1) is 0 Å². The van der Waals surface area contributed by atoms with Crippen LogP contribution in [0.15, 0.2) is 70.4 Å². The van der Waals surface area contributed by atoms with Crippen LogP contribution >= 0.6 is 0 Å². The number of nitrogens with zero attached hydrogens (tertiary/aromatic N) is 1. The molecule has 3 aromatic rings. The molecule has 1 fully saturated rings. The lowest BCUT2D eigenvalue weighted by molar-refractivity contribution is 0.316. The van der Waals surface area contributed by atoms with E-state index in [1.165, 1.54) is 0 Å². The molecule has 2 aliphatic rings. The summed E-state index contributed by atoms with van der Waals surface area (Å²) in [4.78, 5) is 2.71. The van der Waals surface area contributed by atoms with Crippen molar-refractivity contribution in [2.45, 2.75) is 22.6 Å². The van der Waals surface area contributed by atoms with E-state index in [-0.39, 0.29) is 11.2 Å². The largest absolute Gasteiger partial charge is 0.496 e. The number of methoxy groups -OCH3 is 1. The summed E-state index contributed by atoms with van der Waals surface area (Å²) < 4.78 is 36.9. The summed E-state index contributed by atoms with van der Waals surface area (Å²) in [5.41, 5.74) is 3.97. The predicted octanol–water partition coefficient (Wildman–Crippen LogP) is 3.71. The summed E-state index contributed by atoms with van der Waals surface area (Å²) in [6.45, 7) is 1.95. The van der Waals surface area contributed by atoms with E-state index < -0.39 is 9.84 Å². The highest BCUT2D eigenvalue weighted by Gasteiger charge is 2.50. The van der Waals surface area contributed by atoms with Gasteiger partial charge in [0, 0.05) is 36.7 Å². The van der Waals surface area contributed by atoms with Crippen molar-refractivity contribution in [3.05, 3.63) is 72.2 Å². The van der Waals surface area contributed by atoms with Gasteiger partial charge in [-0.3, -0.25) is 4.90 Å². The first-order valence-corrected chi connectivity index (χ1v) is 10.9. The fraction of sp³-hybridized carbons (Fsp3) is 0.273. The minimum atomic E-state index is -3.31. The van der Waals surface area contributed by atoms with Crippen molar-refractivity contribution in [3.63, 3.8) is 0 Å². The van der Waals surface area contributed by atoms with Crippen LogP contribution in [0.4, 0.5) is 0 Å². The van der Waals surface area contributed by atoms with Gasteiger partial charge < -0.3 is 9.15 Å². The molecule has 2 atom stereocenters. The summed E-state index contributed by atoms with van der Waals surface area (Å²) in [6, 6.07) is 15.4. The van der Waals surface area contributed by atoms with Crippen molar-refractivity contribution in [3.8, 4) is 16.9 Å². The molecule has 6 heteroatoms. The number of rotatable bonds is 4. The van der Waals surface area contributed by atoms with Crippen LogP contribution < -0.4 is 4.74 Å². The van der Waals surface area contributed by atoms with Crippen molar-refractivity contribution in [2.24, 2.45) is 0 Å². The van der Waals surface area contributed by atoms with E-state index in [2.05, 4.69) is 4.90 Å². The summed E-state index contributed by atoms with van der Waals surface area (Å²) in [5, 5.41) is -0.378. The molecular formula is C22H21NO4S. The van der Waals surface area contributed by atoms with Gasteiger partial charge in [0.1, 0.15) is 5.75 Å². The molecule has 3 heterocycles. The molecule has 0 amide bonds. The van der Waals surface area contributed by atoms with Crippen LogP contribution in [0.5, 0.6) is 5.75 Å². The molecule has 28 heavy (non-hydrogen) atoms. The van der Waals surface area contributed by atoms with Gasteiger partial charge in [-0.15, -0.1) is 0 Å². The lowest BCUT2D eigenvalue weighted by Gasteiger charge is -2.19. The third kappa shape index (κ3) is 2.67. The maximum atomic E-state index is 13.1. The van der Waals surface area contributed by atoms with Crippen molar-refractivity contribution >= 4 is 9.84 Å². The summed E-state index contributed by atoms with van der Waals surface area (Å²) >= 11 is 0. The van der Waals surface area contributed by atoms with Crippen LogP contribution in [0.2, 0.25) is 0 Å². The normalized spacial score (nSPS) is 22.8. The Labute approximate surface area is 164 Å². The topological polar surface area (TPSA) is 59.8 Å². The van der Waals surface area contributed by atoms with Gasteiger partial charge in [-0.1, -0.05) is 24.3 Å². The van der Waals surface area contributed by atoms with Gasteiger partial charge in [-0.2, -0.15) is 0 Å². The molecule has 144 valence electrons. The Morgan fingerprint density at radius 3 is 2.75 bits per heavy atom. The van der Waals surface area contributed by atoms with Crippen LogP contribution in [0.25, 0.3) is 11.1 Å². The highest BCUT2D eigenvalue weighted by Crippen LogP contribution is 2.46. The zero-order valence-corrected chi connectivity index (χ0v) is 16.4. The minimum absolute atomic E-state index is 0.00144. The first-order chi connectivity index (χ1) is 13.6. The van der Waals surface area contributed by atoms with Gasteiger partial charge in [0.2, 0.25) is 0 Å². The highest BCUT2D eigenvalue weighted by molar-refractivity contribution is 7.92. The van der Waals surface area contributed by atoms with Gasteiger partial charge in [0.05, 0.1) is 29.8 Å². The molecule has 0 aliphatic carbocycles. The summed E-state index contributed by atoms with van der Waals surface area (Å²) in [6.07, 6.45) is 3.32. The second kappa shape index (κ2) is 6.50. The Kier molecular flexibility index (Phi) is 4.07. The third-order valence-corrected chi connectivity index (χ3v) is 8.16. The zero-order valence-electron chi connectivity index (χ0n) is 15.5. The van der Waals surface area contributed by atoms with Gasteiger partial charge >= 0.3 is 0 Å². The number of para-hydroxylation sites is 1. The Bertz CT molecular complexity index is 1120. The predicted molar refractivity (Wildman–Crippen MR) is 106 cm³/mol. The Balaban J connectivity index is 1.47. The van der Waals surface area contributed by atoms with Crippen molar-refractivity contribution in [2.75, 3.05) is 20.2 Å². The van der Waals surface area contributed by atoms with E-state index in [0.29, 0.717) is 18.0 Å². The number of furan rings is 1. The lowest BCUT2D eigenvalue weighted by atomic mass is 9.95. The van der Waals surface area contributed by atoms with Crippen molar-refractivity contribution < 1.29 is 17.6 Å². The van der Waals surface area contributed by atoms with E-state index in [4.69, 9.17) is 9.15 Å². The van der Waals surface area contributed by atoms with E-state index in [0.717, 1.165) is 34.5 Å². The van der Waals surface area contributed by atoms with E-state index in [1.807, 2.05) is 42.5 Å². The zero-order chi connectivity index (χ0) is 19.3. The second-order valence-electron chi connectivity index (χ2n) is 7.46. The molecule has 0 bridgehead atoms. The maximum Gasteiger partial charge on any atom is 0.183 e. The average molecular weight is 395 g/mol. The Hall–Kier alpha value is -2.57. The molecular weight excluding hydrogens is 374 g/mol. The monoisotopic (exact) mass is 395 g/mol. The minimum Gasteiger partial charge on any atom is -0.496 e. The number of likely N-dealkylation sites (tertiary alicyclic amines) is 1. The molecule has 1 saturated heterocycles. The number of sulfone groups is 1. The maximum absolute atomic E-state index is 13.1. The molecule has 0 unspecified atom stereocenters. The van der Waals surface area contributed by atoms with Gasteiger partial charge in [-0.05, 0) is 35.4 Å². The quantitative estimate of drug-likeness (QED) is 0.674. The van der Waals surface area contributed by atoms with Crippen LogP contribution in [-0.2, 0) is 16.4 Å². The second-order valence-corrected chi connectivity index (χ2v) is 9.60. The fourth-order valence-electron chi connectivity index (χ4n) is 4.54. The fourth-order valence-corrected chi connectivity index (χ4v) is 6.73. The molecule has 2 aliphatic heterocycles. The smallest absolute Gasteiger partial charge is 0.183 e. The Morgan fingerprint density at radius 2 is 1.96 bits per heavy atom. The highest BCUT2D eigenvalue weighted by atomic mass is 32.2. The first kappa shape index (κ1) is 17.5. The molecule has 0 saturated carbocycles. The molecule has 0 spiro atoms. The van der Waals surface area contributed by atoms with Crippen LogP contribution in [0.1, 0.15) is 17.0 Å². The molecule has 5 nitrogen and oxygen atoms in total. The summed E-state index contributed by atoms with van der Waals surface area (Å²) in [5.74, 6) is 0.839. The molecule has 0 radical (unpaired) electrons. The standard InChI is InChI=1S/C22H21NO4S/c1-26-20-5-3-2-4-16(20)11-23-12-19-18-10-15(17-8-9-27-14-17)6-7-21(18)28(24,25)22(19)13-23/h2-10,14,19,22H,11-13H2,1H3/t19-,22-/m0/s1. The molecule has 1 aromatic heterocycles.